The molecule has 0 aliphatic heterocycles. The van der Waals surface area contributed by atoms with Gasteiger partial charge < -0.3 is 15.9 Å². The van der Waals surface area contributed by atoms with Crippen molar-refractivity contribution in [1.82, 2.24) is 0 Å². The second kappa shape index (κ2) is 14.4. The summed E-state index contributed by atoms with van der Waals surface area (Å²) < 4.78 is 103. The largest absolute Gasteiger partial charge is 0.429 e. The van der Waals surface area contributed by atoms with Gasteiger partial charge in [0, 0.05) is 23.4 Å². The summed E-state index contributed by atoms with van der Waals surface area (Å²) in [4.78, 5) is 0. The molecule has 0 saturated carbocycles. The predicted molar refractivity (Wildman–Crippen MR) is 153 cm³/mol. The lowest BCUT2D eigenvalue weighted by Gasteiger charge is -2.19. The lowest BCUT2D eigenvalue weighted by molar-refractivity contribution is -0.185. The van der Waals surface area contributed by atoms with Crippen LogP contribution in [0.4, 0.5) is 30.7 Å². The Hall–Kier alpha value is -4.86. The van der Waals surface area contributed by atoms with Crippen molar-refractivity contribution in [3.63, 3.8) is 0 Å². The van der Waals surface area contributed by atoms with Gasteiger partial charge in [-0.3, -0.25) is 0 Å². The van der Waals surface area contributed by atoms with Crippen LogP contribution in [0.15, 0.2) is 97.2 Å². The molecule has 0 saturated heterocycles. The molecule has 0 unspecified atom stereocenters. The zero-order valence-corrected chi connectivity index (χ0v) is 22.9. The zero-order chi connectivity index (χ0) is 31.7. The van der Waals surface area contributed by atoms with Crippen LogP contribution in [-0.2, 0) is 6.11 Å². The third-order valence-corrected chi connectivity index (χ3v) is 6.17. The van der Waals surface area contributed by atoms with Crippen LogP contribution in [0.1, 0.15) is 24.0 Å². The number of rotatable bonds is 9. The maximum atomic E-state index is 14.7. The van der Waals surface area contributed by atoms with Crippen LogP contribution in [0.3, 0.4) is 0 Å². The van der Waals surface area contributed by atoms with Crippen molar-refractivity contribution in [2.24, 2.45) is 5.73 Å². The maximum absolute atomic E-state index is 14.7. The van der Waals surface area contributed by atoms with E-state index < -0.39 is 46.5 Å². The lowest BCUT2D eigenvalue weighted by Crippen LogP contribution is -2.21. The van der Waals surface area contributed by atoms with E-state index in [0.717, 1.165) is 42.7 Å². The first-order chi connectivity index (χ1) is 20.4. The van der Waals surface area contributed by atoms with Crippen molar-refractivity contribution in [3.8, 4) is 28.0 Å². The average molecular weight is 601 g/mol. The van der Waals surface area contributed by atoms with E-state index in [1.165, 1.54) is 36.7 Å². The third-order valence-electron chi connectivity index (χ3n) is 6.17. The number of halogens is 7. The summed E-state index contributed by atoms with van der Waals surface area (Å²) in [6, 6.07) is 13.1. The number of nitrogens with one attached hydrogen (secondary N) is 1. The van der Waals surface area contributed by atoms with Crippen LogP contribution >= 0.6 is 0 Å². The highest BCUT2D eigenvalue weighted by atomic mass is 19.3. The summed E-state index contributed by atoms with van der Waals surface area (Å²) in [6.07, 6.45) is 2.38. The topological polar surface area (TPSA) is 59.1 Å². The van der Waals surface area contributed by atoms with E-state index in [1.807, 2.05) is 6.08 Å². The molecule has 4 aromatic carbocycles. The van der Waals surface area contributed by atoms with Gasteiger partial charge in [0.2, 0.25) is 0 Å². The monoisotopic (exact) mass is 600 g/mol. The van der Waals surface area contributed by atoms with Gasteiger partial charge >= 0.3 is 6.11 Å². The number of alkyl halides is 2. The minimum absolute atomic E-state index is 0.243. The highest BCUT2D eigenvalue weighted by molar-refractivity contribution is 5.75. The van der Waals surface area contributed by atoms with Crippen molar-refractivity contribution in [2.45, 2.75) is 25.9 Å². The average Bonchev–Trinajstić information content (AvgIpc) is 2.96. The van der Waals surface area contributed by atoms with Crippen molar-refractivity contribution >= 4 is 6.21 Å². The van der Waals surface area contributed by atoms with Crippen LogP contribution in [-0.4, -0.2) is 6.21 Å². The molecule has 0 aromatic heterocycles. The Balaban J connectivity index is 0.000000489. The minimum atomic E-state index is -3.87. The fourth-order valence-electron chi connectivity index (χ4n) is 3.88. The van der Waals surface area contributed by atoms with Crippen molar-refractivity contribution in [1.29, 1.82) is 5.41 Å². The molecule has 0 spiro atoms. The summed E-state index contributed by atoms with van der Waals surface area (Å²) >= 11 is 0. The van der Waals surface area contributed by atoms with Crippen molar-refractivity contribution in [3.05, 3.63) is 137 Å². The number of allylic oxidation sites excluding steroid dienone is 2. The second-order valence-corrected chi connectivity index (χ2v) is 9.29. The Kier molecular flexibility index (Phi) is 10.9. The first kappa shape index (κ1) is 32.7. The first-order valence-electron chi connectivity index (χ1n) is 12.8. The summed E-state index contributed by atoms with van der Waals surface area (Å²) in [5, 5.41) is 6.83. The van der Waals surface area contributed by atoms with E-state index in [4.69, 9.17) is 11.1 Å². The number of hydrogen-bond acceptors (Lipinski definition) is 3. The van der Waals surface area contributed by atoms with Crippen LogP contribution in [0, 0.1) is 41.4 Å². The molecule has 0 amide bonds. The van der Waals surface area contributed by atoms with E-state index in [1.54, 1.807) is 13.0 Å². The van der Waals surface area contributed by atoms with E-state index in [2.05, 4.69) is 11.3 Å². The summed E-state index contributed by atoms with van der Waals surface area (Å²) in [5.74, 6) is -6.90. The third kappa shape index (κ3) is 8.34. The van der Waals surface area contributed by atoms with Crippen LogP contribution in [0.25, 0.3) is 22.3 Å². The molecule has 0 radical (unpaired) electrons. The number of hydrogen-bond donors (Lipinski definition) is 2. The fraction of sp³-hybridized carbons (Fsp3) is 0.121. The number of nitrogens with two attached hydrogens (primary N) is 1. The van der Waals surface area contributed by atoms with E-state index >= 15 is 0 Å². The van der Waals surface area contributed by atoms with E-state index in [-0.39, 0.29) is 16.7 Å². The van der Waals surface area contributed by atoms with Gasteiger partial charge in [0.1, 0.15) is 17.4 Å². The molecular formula is C33H27F7N2O. The highest BCUT2D eigenvalue weighted by Crippen LogP contribution is 2.35. The molecule has 0 aliphatic carbocycles. The summed E-state index contributed by atoms with van der Waals surface area (Å²) in [5.41, 5.74) is 6.16. The molecule has 3 N–H and O–H groups in total. The second-order valence-electron chi connectivity index (χ2n) is 9.29. The van der Waals surface area contributed by atoms with Crippen LogP contribution < -0.4 is 10.5 Å². The molecular weight excluding hydrogens is 573 g/mol. The molecule has 224 valence electrons. The van der Waals surface area contributed by atoms with Crippen LogP contribution in [0.5, 0.6) is 5.75 Å². The smallest absolute Gasteiger partial charge is 0.426 e. The fourth-order valence-corrected chi connectivity index (χ4v) is 3.88. The Morgan fingerprint density at radius 3 is 1.93 bits per heavy atom. The maximum Gasteiger partial charge on any atom is 0.426 e. The molecule has 3 nitrogen and oxygen atoms in total. The highest BCUT2D eigenvalue weighted by Gasteiger charge is 2.35. The number of aryl methyl sites for hydroxylation is 1. The Bertz CT molecular complexity index is 1610. The number of benzene rings is 4. The molecule has 0 bridgehead atoms. The van der Waals surface area contributed by atoms with Gasteiger partial charge in [-0.05, 0) is 90.7 Å². The predicted octanol–water partition coefficient (Wildman–Crippen LogP) is 9.60. The first-order valence-corrected chi connectivity index (χ1v) is 12.8. The normalized spacial score (nSPS) is 11.4. The molecule has 4 aromatic rings. The quantitative estimate of drug-likeness (QED) is 0.0870. The van der Waals surface area contributed by atoms with Crippen LogP contribution in [0.2, 0.25) is 0 Å². The van der Waals surface area contributed by atoms with Gasteiger partial charge in [-0.2, -0.15) is 8.78 Å². The van der Waals surface area contributed by atoms with E-state index in [0.29, 0.717) is 29.3 Å². The SMILES string of the molecule is C=CCC/C(C=N)=C/N.Cc1ccc(-c2ccc(C(F)(F)Oc3ccc(-c4cc(F)c(F)c(F)c4)c(F)c3)cc2)c(F)c1. The molecule has 0 atom stereocenters. The van der Waals surface area contributed by atoms with Gasteiger partial charge in [0.05, 0.1) is 5.56 Å². The van der Waals surface area contributed by atoms with Gasteiger partial charge in [-0.25, -0.2) is 22.0 Å². The molecule has 0 fully saturated rings. The van der Waals surface area contributed by atoms with Gasteiger partial charge in [0.25, 0.3) is 0 Å². The molecule has 10 heteroatoms. The van der Waals surface area contributed by atoms with Crippen molar-refractivity contribution < 1.29 is 35.5 Å². The zero-order valence-electron chi connectivity index (χ0n) is 22.9. The summed E-state index contributed by atoms with van der Waals surface area (Å²) in [6.45, 7) is 5.28. The summed E-state index contributed by atoms with van der Waals surface area (Å²) in [7, 11) is 0. The number of ether oxygens (including phenoxy) is 1. The molecule has 0 heterocycles. The van der Waals surface area contributed by atoms with Gasteiger partial charge in [0.15, 0.2) is 17.5 Å². The Labute approximate surface area is 244 Å². The minimum Gasteiger partial charge on any atom is -0.429 e. The molecule has 4 rings (SSSR count). The molecule has 43 heavy (non-hydrogen) atoms. The van der Waals surface area contributed by atoms with Gasteiger partial charge in [-0.1, -0.05) is 30.3 Å². The molecule has 0 aliphatic rings. The van der Waals surface area contributed by atoms with Crippen molar-refractivity contribution in [2.75, 3.05) is 0 Å². The van der Waals surface area contributed by atoms with Gasteiger partial charge in [-0.15, -0.1) is 6.58 Å². The Morgan fingerprint density at radius 1 is 0.814 bits per heavy atom. The Morgan fingerprint density at radius 2 is 1.40 bits per heavy atom. The lowest BCUT2D eigenvalue weighted by atomic mass is 10.0. The standard InChI is InChI=1S/C26H15F7O.C7H12N2/c1-14-2-8-19(21(27)10-14)15-3-5-17(6-4-15)26(32,33)34-18-7-9-20(22(28)13-18)16-11-23(29)25(31)24(30)12-16;1-2-3-4-7(5-8)6-9/h2-13H,1H3;2,5-6,8H,1,3-4,9H2/b;7-6-,8-5?. The van der Waals surface area contributed by atoms with E-state index in [9.17, 15) is 30.7 Å².